The van der Waals surface area contributed by atoms with Crippen LogP contribution in [0.3, 0.4) is 0 Å². The molecule has 3 nitrogen and oxygen atoms in total. The van der Waals surface area contributed by atoms with Gasteiger partial charge in [0.05, 0.1) is 15.7 Å². The summed E-state index contributed by atoms with van der Waals surface area (Å²) >= 11 is 3.03. The topological polar surface area (TPSA) is 48.1 Å². The Morgan fingerprint density at radius 2 is 2.00 bits per heavy atom. The van der Waals surface area contributed by atoms with E-state index in [0.717, 1.165) is 5.69 Å². The number of pyridine rings is 1. The molecule has 0 atom stereocenters. The molecule has 0 unspecified atom stereocenters. The van der Waals surface area contributed by atoms with Gasteiger partial charge in [0.25, 0.3) is 0 Å². The molecule has 0 bridgehead atoms. The summed E-state index contributed by atoms with van der Waals surface area (Å²) in [5, 5.41) is 0. The molecule has 6 heteroatoms. The Bertz CT molecular complexity index is 650. The molecule has 0 saturated carbocycles. The number of hydrogen-bond donors (Lipinski definition) is 1. The number of hydrogen-bond acceptors (Lipinski definition) is 3. The molecule has 0 radical (unpaired) electrons. The van der Waals surface area contributed by atoms with Crippen molar-refractivity contribution in [3.8, 4) is 5.75 Å². The minimum atomic E-state index is -0.657. The Labute approximate surface area is 130 Å². The number of aromatic nitrogens is 1. The number of rotatable bonds is 5. The van der Waals surface area contributed by atoms with E-state index in [1.165, 1.54) is 12.1 Å². The number of halogens is 3. The van der Waals surface area contributed by atoms with Crippen molar-refractivity contribution in [2.45, 2.75) is 20.0 Å². The fraction of sp³-hybridized carbons (Fsp3) is 0.267. The summed E-state index contributed by atoms with van der Waals surface area (Å²) in [5.41, 5.74) is 6.94. The Morgan fingerprint density at radius 3 is 2.71 bits per heavy atom. The predicted octanol–water partition coefficient (Wildman–Crippen LogP) is 3.51. The first-order chi connectivity index (χ1) is 10.0. The second-order valence-electron chi connectivity index (χ2n) is 4.55. The van der Waals surface area contributed by atoms with E-state index in [-0.39, 0.29) is 16.6 Å². The van der Waals surface area contributed by atoms with Crippen LogP contribution in [-0.4, -0.2) is 11.5 Å². The Morgan fingerprint density at radius 1 is 1.24 bits per heavy atom. The summed E-state index contributed by atoms with van der Waals surface area (Å²) in [6.45, 7) is 2.07. The smallest absolute Gasteiger partial charge is 0.146 e. The zero-order chi connectivity index (χ0) is 15.4. The highest BCUT2D eigenvalue weighted by atomic mass is 79.9. The van der Waals surface area contributed by atoms with Crippen LogP contribution in [0, 0.1) is 18.6 Å². The maximum atomic E-state index is 13.9. The summed E-state index contributed by atoms with van der Waals surface area (Å²) in [6.07, 6.45) is 0.542. The van der Waals surface area contributed by atoms with Gasteiger partial charge in [0.1, 0.15) is 24.0 Å². The molecule has 112 valence electrons. The van der Waals surface area contributed by atoms with E-state index < -0.39 is 11.6 Å². The SMILES string of the molecule is Cc1ccc(OCc2c(F)ccc(Br)c2F)c(CCN)n1. The van der Waals surface area contributed by atoms with Gasteiger partial charge >= 0.3 is 0 Å². The number of nitrogens with two attached hydrogens (primary N) is 1. The van der Waals surface area contributed by atoms with Gasteiger partial charge in [-0.25, -0.2) is 8.78 Å². The second kappa shape index (κ2) is 6.95. The lowest BCUT2D eigenvalue weighted by molar-refractivity contribution is 0.287. The zero-order valence-corrected chi connectivity index (χ0v) is 13.1. The molecule has 2 aromatic rings. The van der Waals surface area contributed by atoms with Gasteiger partial charge in [-0.05, 0) is 53.7 Å². The average Bonchev–Trinajstić information content (AvgIpc) is 2.45. The third-order valence-electron chi connectivity index (χ3n) is 2.96. The van der Waals surface area contributed by atoms with Crippen molar-refractivity contribution in [3.05, 3.63) is 57.3 Å². The van der Waals surface area contributed by atoms with Crippen LogP contribution < -0.4 is 10.5 Å². The molecule has 0 amide bonds. The van der Waals surface area contributed by atoms with E-state index in [9.17, 15) is 8.78 Å². The molecular weight excluding hydrogens is 342 g/mol. The highest BCUT2D eigenvalue weighted by Gasteiger charge is 2.14. The summed E-state index contributed by atoms with van der Waals surface area (Å²) < 4.78 is 33.3. The molecule has 0 saturated heterocycles. The van der Waals surface area contributed by atoms with Crippen molar-refractivity contribution in [3.63, 3.8) is 0 Å². The van der Waals surface area contributed by atoms with Crippen molar-refractivity contribution in [2.24, 2.45) is 5.73 Å². The van der Waals surface area contributed by atoms with Crippen LogP contribution in [0.2, 0.25) is 0 Å². The number of nitrogens with zero attached hydrogens (tertiary/aromatic N) is 1. The quantitative estimate of drug-likeness (QED) is 0.834. The molecule has 1 heterocycles. The van der Waals surface area contributed by atoms with Gasteiger partial charge in [-0.2, -0.15) is 0 Å². The van der Waals surface area contributed by atoms with Crippen LogP contribution >= 0.6 is 15.9 Å². The fourth-order valence-electron chi connectivity index (χ4n) is 1.90. The minimum absolute atomic E-state index is 0.122. The zero-order valence-electron chi connectivity index (χ0n) is 11.5. The van der Waals surface area contributed by atoms with Crippen LogP contribution in [0.25, 0.3) is 0 Å². The Kier molecular flexibility index (Phi) is 5.25. The van der Waals surface area contributed by atoms with Crippen LogP contribution in [0.4, 0.5) is 8.78 Å². The highest BCUT2D eigenvalue weighted by Crippen LogP contribution is 2.24. The van der Waals surface area contributed by atoms with E-state index in [0.29, 0.717) is 24.4 Å². The molecule has 0 aliphatic heterocycles. The first-order valence-corrected chi connectivity index (χ1v) is 7.24. The minimum Gasteiger partial charge on any atom is -0.487 e. The number of benzene rings is 1. The van der Waals surface area contributed by atoms with Crippen molar-refractivity contribution in [1.82, 2.24) is 4.98 Å². The van der Waals surface area contributed by atoms with E-state index >= 15 is 0 Å². The van der Waals surface area contributed by atoms with E-state index in [1.807, 2.05) is 6.92 Å². The van der Waals surface area contributed by atoms with Gasteiger partial charge in [-0.3, -0.25) is 4.98 Å². The Balaban J connectivity index is 2.23. The Hall–Kier alpha value is -1.53. The fourth-order valence-corrected chi connectivity index (χ4v) is 2.27. The number of ether oxygens (including phenoxy) is 1. The van der Waals surface area contributed by atoms with Crippen LogP contribution in [0.1, 0.15) is 17.0 Å². The van der Waals surface area contributed by atoms with Gasteiger partial charge in [-0.15, -0.1) is 0 Å². The molecule has 21 heavy (non-hydrogen) atoms. The lowest BCUT2D eigenvalue weighted by Gasteiger charge is -2.12. The largest absolute Gasteiger partial charge is 0.487 e. The molecule has 2 rings (SSSR count). The predicted molar refractivity (Wildman–Crippen MR) is 80.1 cm³/mol. The van der Waals surface area contributed by atoms with Gasteiger partial charge in [0.15, 0.2) is 0 Å². The van der Waals surface area contributed by atoms with Gasteiger partial charge in [-0.1, -0.05) is 0 Å². The molecule has 2 N–H and O–H groups in total. The first kappa shape index (κ1) is 15.9. The molecule has 1 aromatic carbocycles. The van der Waals surface area contributed by atoms with Gasteiger partial charge in [0.2, 0.25) is 0 Å². The van der Waals surface area contributed by atoms with Gasteiger partial charge in [0, 0.05) is 12.1 Å². The van der Waals surface area contributed by atoms with E-state index in [1.54, 1.807) is 12.1 Å². The third-order valence-corrected chi connectivity index (χ3v) is 3.58. The third kappa shape index (κ3) is 3.77. The molecule has 0 fully saturated rings. The maximum absolute atomic E-state index is 13.9. The standard InChI is InChI=1S/C15H15BrF2N2O/c1-9-2-5-14(13(20-9)6-7-19)21-8-10-12(17)4-3-11(16)15(10)18/h2-5H,6-8,19H2,1H3. The van der Waals surface area contributed by atoms with Crippen molar-refractivity contribution in [1.29, 1.82) is 0 Å². The van der Waals surface area contributed by atoms with Crippen molar-refractivity contribution >= 4 is 15.9 Å². The van der Waals surface area contributed by atoms with Crippen LogP contribution in [0.15, 0.2) is 28.7 Å². The monoisotopic (exact) mass is 356 g/mol. The van der Waals surface area contributed by atoms with Crippen molar-refractivity contribution in [2.75, 3.05) is 6.54 Å². The summed E-state index contributed by atoms with van der Waals surface area (Å²) in [4.78, 5) is 4.34. The van der Waals surface area contributed by atoms with Gasteiger partial charge < -0.3 is 10.5 Å². The highest BCUT2D eigenvalue weighted by molar-refractivity contribution is 9.10. The van der Waals surface area contributed by atoms with E-state index in [4.69, 9.17) is 10.5 Å². The van der Waals surface area contributed by atoms with Crippen molar-refractivity contribution < 1.29 is 13.5 Å². The molecular formula is C15H15BrF2N2O. The normalized spacial score (nSPS) is 10.7. The number of aryl methyl sites for hydroxylation is 1. The second-order valence-corrected chi connectivity index (χ2v) is 5.40. The lowest BCUT2D eigenvalue weighted by Crippen LogP contribution is -2.09. The van der Waals surface area contributed by atoms with Crippen LogP contribution in [0.5, 0.6) is 5.75 Å². The summed E-state index contributed by atoms with van der Waals surface area (Å²) in [6, 6.07) is 6.03. The summed E-state index contributed by atoms with van der Waals surface area (Å²) in [7, 11) is 0. The molecule has 0 aliphatic rings. The molecule has 0 aliphatic carbocycles. The molecule has 0 spiro atoms. The average molecular weight is 357 g/mol. The van der Waals surface area contributed by atoms with Crippen LogP contribution in [-0.2, 0) is 13.0 Å². The lowest BCUT2D eigenvalue weighted by atomic mass is 10.2. The molecule has 1 aromatic heterocycles. The first-order valence-electron chi connectivity index (χ1n) is 6.44. The van der Waals surface area contributed by atoms with E-state index in [2.05, 4.69) is 20.9 Å². The summed E-state index contributed by atoms with van der Waals surface area (Å²) in [5.74, 6) is -0.809. The maximum Gasteiger partial charge on any atom is 0.146 e.